The lowest BCUT2D eigenvalue weighted by molar-refractivity contribution is -0.137. The van der Waals surface area contributed by atoms with E-state index in [9.17, 15) is 14.4 Å². The van der Waals surface area contributed by atoms with Crippen molar-refractivity contribution in [2.45, 2.75) is 64.2 Å². The third kappa shape index (κ3) is 7.57. The van der Waals surface area contributed by atoms with Crippen LogP contribution in [0.15, 0.2) is 41.3 Å². The molecule has 0 spiro atoms. The van der Waals surface area contributed by atoms with Gasteiger partial charge in [0.15, 0.2) is 0 Å². The van der Waals surface area contributed by atoms with Crippen molar-refractivity contribution in [3.8, 4) is 5.69 Å². The fraction of sp³-hybridized carbons (Fsp3) is 0.556. The van der Waals surface area contributed by atoms with Crippen molar-refractivity contribution in [2.75, 3.05) is 38.0 Å². The number of benzene rings is 1. The van der Waals surface area contributed by atoms with Gasteiger partial charge in [-0.25, -0.2) is 9.59 Å². The van der Waals surface area contributed by atoms with Crippen molar-refractivity contribution in [3.05, 3.63) is 52.6 Å². The van der Waals surface area contributed by atoms with Gasteiger partial charge in [0.2, 0.25) is 5.91 Å². The fourth-order valence-electron chi connectivity index (χ4n) is 5.20. The second-order valence-corrected chi connectivity index (χ2v) is 10.9. The standard InChI is InChI=1S/C27H40N8O3.ClH/c1-4-32(22-10-7-20(28)17-22)18-19-5-8-21(9-6-19)35-12-11-23(31-26(35)38)30-25(37)34-15-13-33(14-16-34)24(36)27(2,3)29;/h5-6,8-9,11-12,20,22H,4,7,10,13-18,28-29H2,1-3H3,(H,30,31,37,38);1H/t20-,22-;/m0./s1. The Kier molecular flexibility index (Phi) is 10.1. The average Bonchev–Trinajstić information content (AvgIpc) is 3.33. The van der Waals surface area contributed by atoms with Crippen LogP contribution in [0.3, 0.4) is 0 Å². The van der Waals surface area contributed by atoms with Crippen LogP contribution in [-0.4, -0.2) is 86.5 Å². The smallest absolute Gasteiger partial charge is 0.338 e. The number of rotatable bonds is 7. The summed E-state index contributed by atoms with van der Waals surface area (Å²) in [6.45, 7) is 8.89. The van der Waals surface area contributed by atoms with Gasteiger partial charge in [-0.2, -0.15) is 4.98 Å². The maximum Gasteiger partial charge on any atom is 0.354 e. The lowest BCUT2D eigenvalue weighted by atomic mass is 10.1. The number of nitrogens with one attached hydrogen (secondary N) is 1. The molecule has 1 saturated carbocycles. The van der Waals surface area contributed by atoms with Gasteiger partial charge in [-0.05, 0) is 63.4 Å². The van der Waals surface area contributed by atoms with Crippen LogP contribution >= 0.6 is 12.4 Å². The van der Waals surface area contributed by atoms with Gasteiger partial charge in [0, 0.05) is 51.0 Å². The number of nitrogens with two attached hydrogens (primary N) is 2. The van der Waals surface area contributed by atoms with Gasteiger partial charge < -0.3 is 21.3 Å². The van der Waals surface area contributed by atoms with E-state index >= 15 is 0 Å². The Labute approximate surface area is 235 Å². The van der Waals surface area contributed by atoms with Gasteiger partial charge in [0.1, 0.15) is 5.82 Å². The molecule has 4 rings (SSSR count). The quantitative estimate of drug-likeness (QED) is 0.468. The minimum absolute atomic E-state index is 0. The summed E-state index contributed by atoms with van der Waals surface area (Å²) in [5.41, 5.74) is 12.5. The molecule has 1 aliphatic carbocycles. The van der Waals surface area contributed by atoms with Crippen molar-refractivity contribution >= 4 is 30.2 Å². The van der Waals surface area contributed by atoms with E-state index in [1.165, 1.54) is 10.1 Å². The molecule has 12 heteroatoms. The zero-order chi connectivity index (χ0) is 27.4. The first-order chi connectivity index (χ1) is 18.0. The van der Waals surface area contributed by atoms with Crippen molar-refractivity contribution < 1.29 is 9.59 Å². The highest BCUT2D eigenvalue weighted by Gasteiger charge is 2.31. The van der Waals surface area contributed by atoms with Crippen LogP contribution in [0.25, 0.3) is 5.69 Å². The largest absolute Gasteiger partial charge is 0.354 e. The molecule has 2 atom stereocenters. The maximum absolute atomic E-state index is 12.7. The Bertz CT molecular complexity index is 1190. The zero-order valence-corrected chi connectivity index (χ0v) is 23.8. The van der Waals surface area contributed by atoms with Gasteiger partial charge in [-0.3, -0.25) is 19.6 Å². The first kappa shape index (κ1) is 30.6. The molecule has 5 N–H and O–H groups in total. The Hall–Kier alpha value is -2.99. The Morgan fingerprint density at radius 1 is 1.08 bits per heavy atom. The predicted octanol–water partition coefficient (Wildman–Crippen LogP) is 1.77. The molecule has 11 nitrogen and oxygen atoms in total. The number of hydrogen-bond acceptors (Lipinski definition) is 7. The Morgan fingerprint density at radius 2 is 1.72 bits per heavy atom. The number of nitrogens with zero attached hydrogens (tertiary/aromatic N) is 5. The highest BCUT2D eigenvalue weighted by molar-refractivity contribution is 5.89. The number of urea groups is 1. The molecule has 2 heterocycles. The minimum Gasteiger partial charge on any atom is -0.338 e. The van der Waals surface area contributed by atoms with Gasteiger partial charge in [0.25, 0.3) is 0 Å². The van der Waals surface area contributed by atoms with E-state index in [1.54, 1.807) is 35.9 Å². The molecule has 3 amide bonds. The molecule has 1 saturated heterocycles. The first-order valence-corrected chi connectivity index (χ1v) is 13.4. The van der Waals surface area contributed by atoms with Gasteiger partial charge >= 0.3 is 11.7 Å². The molecule has 1 aromatic heterocycles. The Morgan fingerprint density at radius 3 is 2.26 bits per heavy atom. The number of piperazine rings is 1. The van der Waals surface area contributed by atoms with E-state index in [0.29, 0.717) is 44.0 Å². The minimum atomic E-state index is -0.946. The molecule has 0 bridgehead atoms. The van der Waals surface area contributed by atoms with E-state index in [2.05, 4.69) is 22.1 Å². The molecule has 2 aromatic rings. The lowest BCUT2D eigenvalue weighted by Crippen LogP contribution is -2.58. The molecule has 2 fully saturated rings. The van der Waals surface area contributed by atoms with E-state index in [0.717, 1.165) is 32.4 Å². The molecule has 214 valence electrons. The molecular weight excluding hydrogens is 520 g/mol. The molecular formula is C27H41ClN8O3. The highest BCUT2D eigenvalue weighted by Crippen LogP contribution is 2.24. The van der Waals surface area contributed by atoms with Gasteiger partial charge in [0.05, 0.1) is 11.2 Å². The molecule has 2 aliphatic rings. The Balaban J connectivity index is 0.00000420. The van der Waals surface area contributed by atoms with Crippen molar-refractivity contribution in [1.82, 2.24) is 24.3 Å². The first-order valence-electron chi connectivity index (χ1n) is 13.4. The summed E-state index contributed by atoms with van der Waals surface area (Å²) in [4.78, 5) is 47.6. The summed E-state index contributed by atoms with van der Waals surface area (Å²) in [6, 6.07) is 9.95. The van der Waals surface area contributed by atoms with Crippen molar-refractivity contribution in [3.63, 3.8) is 0 Å². The fourth-order valence-corrected chi connectivity index (χ4v) is 5.20. The van der Waals surface area contributed by atoms with Crippen LogP contribution in [0.1, 0.15) is 45.6 Å². The topological polar surface area (TPSA) is 143 Å². The summed E-state index contributed by atoms with van der Waals surface area (Å²) in [6.07, 6.45) is 4.87. The monoisotopic (exact) mass is 560 g/mol. The van der Waals surface area contributed by atoms with Gasteiger partial charge in [-0.15, -0.1) is 12.4 Å². The predicted molar refractivity (Wildman–Crippen MR) is 154 cm³/mol. The SMILES string of the molecule is CCN(Cc1ccc(-n2ccc(NC(=O)N3CCN(C(=O)C(C)(C)N)CC3)nc2=O)cc1)[C@H]1CC[C@H](N)C1.Cl. The second kappa shape index (κ2) is 12.9. The molecule has 1 aromatic carbocycles. The molecule has 0 radical (unpaired) electrons. The zero-order valence-electron chi connectivity index (χ0n) is 23.0. The number of anilines is 1. The number of halogens is 1. The van der Waals surface area contributed by atoms with Crippen LogP contribution in [0.4, 0.5) is 10.6 Å². The maximum atomic E-state index is 12.7. The van der Waals surface area contributed by atoms with Crippen molar-refractivity contribution in [2.24, 2.45) is 11.5 Å². The van der Waals surface area contributed by atoms with Crippen LogP contribution in [0.5, 0.6) is 0 Å². The van der Waals surface area contributed by atoms with E-state index < -0.39 is 11.2 Å². The number of carbonyl (C=O) groups is 2. The highest BCUT2D eigenvalue weighted by atomic mass is 35.5. The van der Waals surface area contributed by atoms with Crippen LogP contribution in [0, 0.1) is 0 Å². The van der Waals surface area contributed by atoms with Crippen LogP contribution in [0.2, 0.25) is 0 Å². The number of aromatic nitrogens is 2. The summed E-state index contributed by atoms with van der Waals surface area (Å²) in [5, 5.41) is 2.69. The summed E-state index contributed by atoms with van der Waals surface area (Å²) < 4.78 is 1.45. The summed E-state index contributed by atoms with van der Waals surface area (Å²) in [5.74, 6) is 0.0416. The summed E-state index contributed by atoms with van der Waals surface area (Å²) in [7, 11) is 0. The van der Waals surface area contributed by atoms with E-state index in [-0.39, 0.29) is 30.2 Å². The normalized spacial score (nSPS) is 19.6. The second-order valence-electron chi connectivity index (χ2n) is 10.9. The summed E-state index contributed by atoms with van der Waals surface area (Å²) >= 11 is 0. The van der Waals surface area contributed by atoms with Crippen LogP contribution < -0.4 is 22.5 Å². The third-order valence-corrected chi connectivity index (χ3v) is 7.41. The number of carbonyl (C=O) groups excluding carboxylic acids is 2. The van der Waals surface area contributed by atoms with Gasteiger partial charge in [-0.1, -0.05) is 19.1 Å². The number of hydrogen-bond donors (Lipinski definition) is 3. The molecule has 0 unspecified atom stereocenters. The average molecular weight is 561 g/mol. The van der Waals surface area contributed by atoms with Crippen LogP contribution in [-0.2, 0) is 11.3 Å². The molecule has 39 heavy (non-hydrogen) atoms. The molecule has 1 aliphatic heterocycles. The van der Waals surface area contributed by atoms with E-state index in [1.807, 2.05) is 24.3 Å². The lowest BCUT2D eigenvalue weighted by Gasteiger charge is -2.37. The third-order valence-electron chi connectivity index (χ3n) is 7.41. The van der Waals surface area contributed by atoms with Crippen molar-refractivity contribution in [1.29, 1.82) is 0 Å². The number of amides is 3. The van der Waals surface area contributed by atoms with E-state index in [4.69, 9.17) is 11.5 Å².